The van der Waals surface area contributed by atoms with Gasteiger partial charge in [0.05, 0.1) is 0 Å². The third-order valence-corrected chi connectivity index (χ3v) is 5.94. The molecule has 0 saturated carbocycles. The Morgan fingerprint density at radius 3 is 2.52 bits per heavy atom. The Morgan fingerprint density at radius 2 is 2.00 bits per heavy atom. The van der Waals surface area contributed by atoms with Crippen LogP contribution in [0.25, 0.3) is 0 Å². The molecule has 0 amide bonds. The lowest BCUT2D eigenvalue weighted by Crippen LogP contribution is -2.35. The van der Waals surface area contributed by atoms with Crippen molar-refractivity contribution in [2.45, 2.75) is 44.7 Å². The molecule has 0 spiro atoms. The molecule has 1 rings (SSSR count). The third kappa shape index (κ3) is 4.25. The topological polar surface area (TPSA) is 49.4 Å². The van der Waals surface area contributed by atoms with Gasteiger partial charge in [0.1, 0.15) is 10.7 Å². The molecule has 0 saturated heterocycles. The van der Waals surface area contributed by atoms with E-state index in [4.69, 9.17) is 0 Å². The molecular formula is C14H22BrFN2O2S. The second kappa shape index (κ2) is 7.67. The number of sulfonamides is 1. The quantitative estimate of drug-likeness (QED) is 0.790. The van der Waals surface area contributed by atoms with E-state index in [0.29, 0.717) is 23.0 Å². The molecule has 1 aromatic rings. The van der Waals surface area contributed by atoms with Gasteiger partial charge in [-0.2, -0.15) is 4.31 Å². The summed E-state index contributed by atoms with van der Waals surface area (Å²) in [5, 5.41) is 3.01. The fourth-order valence-corrected chi connectivity index (χ4v) is 4.07. The maximum atomic E-state index is 14.5. The predicted octanol–water partition coefficient (Wildman–Crippen LogP) is 3.12. The molecule has 4 nitrogen and oxygen atoms in total. The molecule has 0 radical (unpaired) electrons. The third-order valence-electron chi connectivity index (χ3n) is 3.51. The SMILES string of the molecule is CCNCc1cc(Br)cc(S(=O)(=O)N(C)C(C)CC)c1F. The fraction of sp³-hybridized carbons (Fsp3) is 0.571. The molecule has 0 heterocycles. The molecule has 1 atom stereocenters. The average molecular weight is 381 g/mol. The zero-order chi connectivity index (χ0) is 16.2. The lowest BCUT2D eigenvalue weighted by Gasteiger charge is -2.24. The van der Waals surface area contributed by atoms with Gasteiger partial charge in [-0.25, -0.2) is 12.8 Å². The van der Waals surface area contributed by atoms with Crippen LogP contribution in [0.4, 0.5) is 4.39 Å². The van der Waals surface area contributed by atoms with E-state index in [1.807, 2.05) is 13.8 Å². The molecule has 0 aliphatic carbocycles. The van der Waals surface area contributed by atoms with Crippen molar-refractivity contribution in [1.82, 2.24) is 9.62 Å². The van der Waals surface area contributed by atoms with Crippen molar-refractivity contribution < 1.29 is 12.8 Å². The highest BCUT2D eigenvalue weighted by atomic mass is 79.9. The van der Waals surface area contributed by atoms with Gasteiger partial charge < -0.3 is 5.32 Å². The van der Waals surface area contributed by atoms with Gasteiger partial charge in [-0.3, -0.25) is 0 Å². The number of halogens is 2. The van der Waals surface area contributed by atoms with Crippen molar-refractivity contribution in [2.24, 2.45) is 0 Å². The maximum absolute atomic E-state index is 14.5. The van der Waals surface area contributed by atoms with E-state index < -0.39 is 15.8 Å². The first-order valence-corrected chi connectivity index (χ1v) is 9.15. The predicted molar refractivity (Wildman–Crippen MR) is 86.2 cm³/mol. The van der Waals surface area contributed by atoms with Gasteiger partial charge in [0.15, 0.2) is 0 Å². The normalized spacial score (nSPS) is 13.7. The second-order valence-electron chi connectivity index (χ2n) is 4.94. The molecule has 7 heteroatoms. The van der Waals surface area contributed by atoms with Gasteiger partial charge in [-0.05, 0) is 32.0 Å². The van der Waals surface area contributed by atoms with Crippen LogP contribution >= 0.6 is 15.9 Å². The number of nitrogens with zero attached hydrogens (tertiary/aromatic N) is 1. The van der Waals surface area contributed by atoms with Gasteiger partial charge in [-0.15, -0.1) is 0 Å². The molecule has 0 bridgehead atoms. The van der Waals surface area contributed by atoms with Crippen molar-refractivity contribution >= 4 is 26.0 Å². The summed E-state index contributed by atoms with van der Waals surface area (Å²) in [7, 11) is -2.37. The van der Waals surface area contributed by atoms with E-state index >= 15 is 0 Å². The van der Waals surface area contributed by atoms with E-state index in [9.17, 15) is 12.8 Å². The molecule has 1 unspecified atom stereocenters. The van der Waals surface area contributed by atoms with E-state index in [1.54, 1.807) is 13.0 Å². The molecule has 0 aliphatic rings. The van der Waals surface area contributed by atoms with Gasteiger partial charge in [0.2, 0.25) is 10.0 Å². The van der Waals surface area contributed by atoms with Gasteiger partial charge >= 0.3 is 0 Å². The van der Waals surface area contributed by atoms with Gasteiger partial charge in [0.25, 0.3) is 0 Å². The average Bonchev–Trinajstić information content (AvgIpc) is 2.45. The standard InChI is InChI=1S/C14H22BrFN2O2S/c1-5-10(3)18(4)21(19,20)13-8-12(15)7-11(14(13)16)9-17-6-2/h7-8,10,17H,5-6,9H2,1-4H3. The Labute approximate surface area is 134 Å². The first kappa shape index (κ1) is 18.5. The highest BCUT2D eigenvalue weighted by Crippen LogP contribution is 2.27. The minimum Gasteiger partial charge on any atom is -0.313 e. The number of hydrogen-bond donors (Lipinski definition) is 1. The number of nitrogens with one attached hydrogen (secondary N) is 1. The van der Waals surface area contributed by atoms with Crippen molar-refractivity contribution in [2.75, 3.05) is 13.6 Å². The van der Waals surface area contributed by atoms with E-state index in [-0.39, 0.29) is 17.5 Å². The lowest BCUT2D eigenvalue weighted by atomic mass is 10.2. The van der Waals surface area contributed by atoms with Crippen LogP contribution in [0.3, 0.4) is 0 Å². The zero-order valence-corrected chi connectivity index (χ0v) is 15.2. The Kier molecular flexibility index (Phi) is 6.77. The summed E-state index contributed by atoms with van der Waals surface area (Å²) in [5.74, 6) is -0.686. The molecule has 0 aliphatic heterocycles. The Bertz CT molecular complexity index is 593. The van der Waals surface area contributed by atoms with Crippen molar-refractivity contribution in [3.05, 3.63) is 28.0 Å². The summed E-state index contributed by atoms with van der Waals surface area (Å²) < 4.78 is 41.5. The molecule has 1 aromatic carbocycles. The highest BCUT2D eigenvalue weighted by molar-refractivity contribution is 9.10. The van der Waals surface area contributed by atoms with E-state index in [1.165, 1.54) is 17.4 Å². The fourth-order valence-electron chi connectivity index (χ4n) is 1.84. The molecular weight excluding hydrogens is 359 g/mol. The highest BCUT2D eigenvalue weighted by Gasteiger charge is 2.29. The zero-order valence-electron chi connectivity index (χ0n) is 12.8. The summed E-state index contributed by atoms with van der Waals surface area (Å²) in [6.07, 6.45) is 0.662. The monoisotopic (exact) mass is 380 g/mol. The molecule has 0 aromatic heterocycles. The molecule has 1 N–H and O–H groups in total. The number of benzene rings is 1. The Hall–Kier alpha value is -0.500. The molecule has 120 valence electrons. The lowest BCUT2D eigenvalue weighted by molar-refractivity contribution is 0.378. The van der Waals surface area contributed by atoms with Crippen LogP contribution in [0, 0.1) is 5.82 Å². The smallest absolute Gasteiger partial charge is 0.246 e. The van der Waals surface area contributed by atoms with Crippen LogP contribution in [0.15, 0.2) is 21.5 Å². The minimum atomic E-state index is -3.85. The summed E-state index contributed by atoms with van der Waals surface area (Å²) in [5.41, 5.74) is 0.336. The second-order valence-corrected chi connectivity index (χ2v) is 7.82. The number of hydrogen-bond acceptors (Lipinski definition) is 3. The van der Waals surface area contributed by atoms with Crippen LogP contribution in [0.1, 0.15) is 32.8 Å². The Morgan fingerprint density at radius 1 is 1.38 bits per heavy atom. The van der Waals surface area contributed by atoms with E-state index in [2.05, 4.69) is 21.2 Å². The minimum absolute atomic E-state index is 0.189. The molecule has 21 heavy (non-hydrogen) atoms. The molecule has 0 fully saturated rings. The van der Waals surface area contributed by atoms with Crippen molar-refractivity contribution in [3.63, 3.8) is 0 Å². The maximum Gasteiger partial charge on any atom is 0.246 e. The largest absolute Gasteiger partial charge is 0.313 e. The van der Waals surface area contributed by atoms with Crippen LogP contribution in [-0.2, 0) is 16.6 Å². The van der Waals surface area contributed by atoms with Crippen LogP contribution < -0.4 is 5.32 Å². The summed E-state index contributed by atoms with van der Waals surface area (Å²) in [6.45, 7) is 6.57. The van der Waals surface area contributed by atoms with Crippen molar-refractivity contribution in [1.29, 1.82) is 0 Å². The summed E-state index contributed by atoms with van der Waals surface area (Å²) in [4.78, 5) is -0.285. The first-order chi connectivity index (χ1) is 9.75. The van der Waals surface area contributed by atoms with E-state index in [0.717, 1.165) is 0 Å². The Balaban J connectivity index is 3.32. The van der Waals surface area contributed by atoms with Gasteiger partial charge in [-0.1, -0.05) is 29.8 Å². The first-order valence-electron chi connectivity index (χ1n) is 6.92. The van der Waals surface area contributed by atoms with Gasteiger partial charge in [0, 0.05) is 29.7 Å². The van der Waals surface area contributed by atoms with Crippen LogP contribution in [0.5, 0.6) is 0 Å². The van der Waals surface area contributed by atoms with Crippen molar-refractivity contribution in [3.8, 4) is 0 Å². The number of rotatable bonds is 7. The van der Waals surface area contributed by atoms with Crippen LogP contribution in [-0.4, -0.2) is 32.4 Å². The van der Waals surface area contributed by atoms with Crippen LogP contribution in [0.2, 0.25) is 0 Å². The summed E-state index contributed by atoms with van der Waals surface area (Å²) in [6, 6.07) is 2.73. The summed E-state index contributed by atoms with van der Waals surface area (Å²) >= 11 is 3.26.